The van der Waals surface area contributed by atoms with Crippen molar-refractivity contribution in [1.82, 2.24) is 0 Å². The van der Waals surface area contributed by atoms with Crippen LogP contribution in [0.25, 0.3) is 0 Å². The van der Waals surface area contributed by atoms with E-state index in [1.165, 1.54) is 13.8 Å². The van der Waals surface area contributed by atoms with E-state index in [0.29, 0.717) is 0 Å². The summed E-state index contributed by atoms with van der Waals surface area (Å²) >= 11 is 0. The second-order valence-electron chi connectivity index (χ2n) is 10.8. The quantitative estimate of drug-likeness (QED) is 0.392. The fourth-order valence-electron chi connectivity index (χ4n) is 6.85. The first-order valence-electron chi connectivity index (χ1n) is 12.1. The zero-order chi connectivity index (χ0) is 26.7. The van der Waals surface area contributed by atoms with Gasteiger partial charge in [0.15, 0.2) is 0 Å². The SMILES string of the molecule is CC(=O)OCC12C(OC(=O)c3ccccc3)CCC(C)(O)C13OC(C)(C)C(C(O)C2OC(C)=O)C3O. The third-order valence-electron chi connectivity index (χ3n) is 8.19. The van der Waals surface area contributed by atoms with Crippen molar-refractivity contribution in [2.75, 3.05) is 6.61 Å². The molecule has 10 heteroatoms. The lowest BCUT2D eigenvalue weighted by molar-refractivity contribution is -0.348. The molecular formula is C26H34O10. The maximum absolute atomic E-state index is 13.2. The molecule has 1 aliphatic heterocycles. The van der Waals surface area contributed by atoms with Crippen LogP contribution in [0.3, 0.4) is 0 Å². The lowest BCUT2D eigenvalue weighted by Gasteiger charge is -2.65. The molecule has 1 aromatic rings. The normalized spacial score (nSPS) is 40.6. The summed E-state index contributed by atoms with van der Waals surface area (Å²) in [5, 5.41) is 35.1. The fraction of sp³-hybridized carbons (Fsp3) is 0.654. The van der Waals surface area contributed by atoms with Crippen molar-refractivity contribution in [3.05, 3.63) is 35.9 Å². The van der Waals surface area contributed by atoms with Gasteiger partial charge in [0.05, 0.1) is 22.9 Å². The molecule has 10 nitrogen and oxygen atoms in total. The Labute approximate surface area is 209 Å². The maximum Gasteiger partial charge on any atom is 0.338 e. The number of aliphatic hydroxyl groups is 3. The minimum absolute atomic E-state index is 0.0459. The smallest absolute Gasteiger partial charge is 0.338 e. The zero-order valence-electron chi connectivity index (χ0n) is 21.1. The second kappa shape index (κ2) is 8.79. The summed E-state index contributed by atoms with van der Waals surface area (Å²) in [6, 6.07) is 8.21. The Hall–Kier alpha value is -2.53. The van der Waals surface area contributed by atoms with Crippen LogP contribution >= 0.6 is 0 Å². The fourth-order valence-corrected chi connectivity index (χ4v) is 6.85. The maximum atomic E-state index is 13.2. The number of hydrogen-bond acceptors (Lipinski definition) is 10. The van der Waals surface area contributed by atoms with Crippen molar-refractivity contribution in [3.63, 3.8) is 0 Å². The van der Waals surface area contributed by atoms with E-state index in [1.54, 1.807) is 44.2 Å². The van der Waals surface area contributed by atoms with Gasteiger partial charge in [-0.3, -0.25) is 9.59 Å². The molecule has 2 saturated carbocycles. The van der Waals surface area contributed by atoms with E-state index in [0.717, 1.165) is 6.92 Å². The number of aliphatic hydroxyl groups excluding tert-OH is 2. The van der Waals surface area contributed by atoms with E-state index in [1.807, 2.05) is 0 Å². The Morgan fingerprint density at radius 3 is 2.25 bits per heavy atom. The van der Waals surface area contributed by atoms with Crippen LogP contribution in [-0.4, -0.2) is 81.1 Å². The third-order valence-corrected chi connectivity index (χ3v) is 8.19. The zero-order valence-corrected chi connectivity index (χ0v) is 21.1. The van der Waals surface area contributed by atoms with Gasteiger partial charge in [-0.15, -0.1) is 0 Å². The monoisotopic (exact) mass is 506 g/mol. The van der Waals surface area contributed by atoms with Crippen LogP contribution in [0.1, 0.15) is 57.8 Å². The van der Waals surface area contributed by atoms with Crippen molar-refractivity contribution in [2.45, 2.75) is 88.7 Å². The van der Waals surface area contributed by atoms with Gasteiger partial charge in [0, 0.05) is 19.8 Å². The Bertz CT molecular complexity index is 1040. The number of rotatable bonds is 5. The number of benzene rings is 1. The number of ether oxygens (including phenoxy) is 4. The first-order valence-corrected chi connectivity index (χ1v) is 12.1. The number of carbonyl (C=O) groups is 3. The molecule has 1 heterocycles. The summed E-state index contributed by atoms with van der Waals surface area (Å²) in [4.78, 5) is 37.5. The van der Waals surface area contributed by atoms with Crippen LogP contribution in [0, 0.1) is 11.3 Å². The minimum Gasteiger partial charge on any atom is -0.465 e. The van der Waals surface area contributed by atoms with Gasteiger partial charge in [-0.25, -0.2) is 4.79 Å². The van der Waals surface area contributed by atoms with Crippen molar-refractivity contribution in [3.8, 4) is 0 Å². The van der Waals surface area contributed by atoms with Crippen LogP contribution in [0.2, 0.25) is 0 Å². The van der Waals surface area contributed by atoms with E-state index in [4.69, 9.17) is 18.9 Å². The van der Waals surface area contributed by atoms with E-state index >= 15 is 0 Å². The number of esters is 3. The van der Waals surface area contributed by atoms with Crippen LogP contribution in [-0.2, 0) is 28.5 Å². The molecule has 0 aromatic heterocycles. The molecule has 198 valence electrons. The van der Waals surface area contributed by atoms with Crippen molar-refractivity contribution in [2.24, 2.45) is 11.3 Å². The van der Waals surface area contributed by atoms with Gasteiger partial charge in [-0.05, 0) is 45.7 Å². The largest absolute Gasteiger partial charge is 0.465 e. The molecular weight excluding hydrogens is 472 g/mol. The van der Waals surface area contributed by atoms with E-state index in [-0.39, 0.29) is 18.4 Å². The highest BCUT2D eigenvalue weighted by Gasteiger charge is 2.85. The Morgan fingerprint density at radius 1 is 1.03 bits per heavy atom. The molecule has 1 saturated heterocycles. The number of carbonyl (C=O) groups excluding carboxylic acids is 3. The first-order chi connectivity index (χ1) is 16.7. The number of fused-ring (bicyclic) bond motifs is 1. The summed E-state index contributed by atoms with van der Waals surface area (Å²) in [5.41, 5.74) is -6.46. The Kier molecular flexibility index (Phi) is 6.48. The molecule has 3 aliphatic rings. The molecule has 8 unspecified atom stereocenters. The highest BCUT2D eigenvalue weighted by molar-refractivity contribution is 5.89. The van der Waals surface area contributed by atoms with Crippen LogP contribution in [0.5, 0.6) is 0 Å². The van der Waals surface area contributed by atoms with Gasteiger partial charge >= 0.3 is 17.9 Å². The molecule has 0 radical (unpaired) electrons. The number of hydrogen-bond donors (Lipinski definition) is 3. The third kappa shape index (κ3) is 3.65. The predicted octanol–water partition coefficient (Wildman–Crippen LogP) is 1.14. The average molecular weight is 507 g/mol. The molecule has 8 atom stereocenters. The summed E-state index contributed by atoms with van der Waals surface area (Å²) in [6.07, 6.45) is -5.47. The molecule has 3 N–H and O–H groups in total. The van der Waals surface area contributed by atoms with Crippen LogP contribution in [0.4, 0.5) is 0 Å². The lowest BCUT2D eigenvalue weighted by atomic mass is 9.46. The first kappa shape index (κ1) is 26.5. The van der Waals surface area contributed by atoms with Gasteiger partial charge in [0.25, 0.3) is 0 Å². The molecule has 2 aliphatic carbocycles. The van der Waals surface area contributed by atoms with Gasteiger partial charge in [-0.2, -0.15) is 0 Å². The van der Waals surface area contributed by atoms with E-state index in [9.17, 15) is 29.7 Å². The molecule has 0 amide bonds. The second-order valence-corrected chi connectivity index (χ2v) is 10.8. The van der Waals surface area contributed by atoms with Crippen LogP contribution in [0.15, 0.2) is 30.3 Å². The molecule has 2 bridgehead atoms. The molecule has 1 spiro atoms. The lowest BCUT2D eigenvalue weighted by Crippen LogP contribution is -2.83. The van der Waals surface area contributed by atoms with Gasteiger partial charge in [-0.1, -0.05) is 18.2 Å². The molecule has 36 heavy (non-hydrogen) atoms. The Balaban J connectivity index is 1.96. The average Bonchev–Trinajstić information content (AvgIpc) is 2.97. The van der Waals surface area contributed by atoms with Crippen molar-refractivity contribution >= 4 is 17.9 Å². The molecule has 3 fully saturated rings. The van der Waals surface area contributed by atoms with E-state index in [2.05, 4.69) is 0 Å². The molecule has 1 aromatic carbocycles. The van der Waals surface area contributed by atoms with Crippen LogP contribution < -0.4 is 0 Å². The summed E-state index contributed by atoms with van der Waals surface area (Å²) in [6.45, 7) is 6.56. The topological polar surface area (TPSA) is 149 Å². The summed E-state index contributed by atoms with van der Waals surface area (Å²) in [7, 11) is 0. The minimum atomic E-state index is -1.93. The van der Waals surface area contributed by atoms with Crippen molar-refractivity contribution < 1.29 is 48.7 Å². The highest BCUT2D eigenvalue weighted by atomic mass is 16.6. The van der Waals surface area contributed by atoms with Crippen molar-refractivity contribution in [1.29, 1.82) is 0 Å². The van der Waals surface area contributed by atoms with Gasteiger partial charge in [0.1, 0.15) is 35.9 Å². The van der Waals surface area contributed by atoms with Gasteiger partial charge < -0.3 is 34.3 Å². The highest BCUT2D eigenvalue weighted by Crippen LogP contribution is 2.68. The predicted molar refractivity (Wildman–Crippen MR) is 124 cm³/mol. The standard InChI is InChI=1S/C26H34O10/c1-14(27)33-13-25-17(35-22(31)16-9-7-6-8-10-16)11-12-24(5,32)26(25)20(30)18(23(3,4)36-26)19(29)21(25)34-15(2)28/h6-10,17-21,29-30,32H,11-13H2,1-5H3. The summed E-state index contributed by atoms with van der Waals surface area (Å²) < 4.78 is 23.6. The molecule has 4 rings (SSSR count). The Morgan fingerprint density at radius 2 is 1.67 bits per heavy atom. The van der Waals surface area contributed by atoms with E-state index < -0.39 is 77.1 Å². The van der Waals surface area contributed by atoms with Gasteiger partial charge in [0.2, 0.25) is 0 Å². The summed E-state index contributed by atoms with van der Waals surface area (Å²) in [5.74, 6) is -3.11.